The lowest BCUT2D eigenvalue weighted by atomic mass is 9.98. The summed E-state index contributed by atoms with van der Waals surface area (Å²) < 4.78 is 3.17. The van der Waals surface area contributed by atoms with Crippen molar-refractivity contribution in [3.63, 3.8) is 0 Å². The van der Waals surface area contributed by atoms with E-state index in [1.54, 1.807) is 23.1 Å². The highest BCUT2D eigenvalue weighted by Gasteiger charge is 2.31. The van der Waals surface area contributed by atoms with E-state index in [0.717, 1.165) is 31.5 Å². The molecule has 0 aromatic carbocycles. The largest absolute Gasteiger partial charge is 0.330 e. The number of hydrogen-bond donors (Lipinski definition) is 1. The third-order valence-corrected chi connectivity index (χ3v) is 5.01. The van der Waals surface area contributed by atoms with Crippen LogP contribution >= 0.6 is 0 Å². The van der Waals surface area contributed by atoms with Crippen LogP contribution in [-0.4, -0.2) is 41.7 Å². The van der Waals surface area contributed by atoms with Crippen LogP contribution in [0.5, 0.6) is 0 Å². The van der Waals surface area contributed by atoms with E-state index in [1.807, 2.05) is 18.7 Å². The van der Waals surface area contributed by atoms with Crippen LogP contribution in [0.15, 0.2) is 29.3 Å². The number of amides is 1. The highest BCUT2D eigenvalue weighted by atomic mass is 16.2. The van der Waals surface area contributed by atoms with Crippen LogP contribution in [-0.2, 0) is 6.54 Å². The number of carbonyl (C=O) groups is 1. The molecular formula is C18H22N6O2. The van der Waals surface area contributed by atoms with Gasteiger partial charge in [-0.3, -0.25) is 19.4 Å². The number of nitrogens with zero attached hydrogens (tertiary/aromatic N) is 5. The predicted octanol–water partition coefficient (Wildman–Crippen LogP) is 1.91. The fraction of sp³-hybridized carbons (Fsp3) is 0.444. The van der Waals surface area contributed by atoms with Crippen molar-refractivity contribution in [1.29, 1.82) is 0 Å². The number of H-pyrrole nitrogens is 1. The number of aromatic nitrogens is 5. The average Bonchev–Trinajstić information content (AvgIpc) is 3.27. The van der Waals surface area contributed by atoms with Gasteiger partial charge in [0.2, 0.25) is 0 Å². The van der Waals surface area contributed by atoms with Gasteiger partial charge in [0.25, 0.3) is 11.5 Å². The number of fused-ring (bicyclic) bond motifs is 1. The molecule has 0 radical (unpaired) electrons. The summed E-state index contributed by atoms with van der Waals surface area (Å²) in [4.78, 5) is 32.0. The van der Waals surface area contributed by atoms with E-state index >= 15 is 0 Å². The molecule has 4 rings (SSSR count). The zero-order valence-electron chi connectivity index (χ0n) is 15.0. The van der Waals surface area contributed by atoms with Gasteiger partial charge in [-0.05, 0) is 33.1 Å². The van der Waals surface area contributed by atoms with Gasteiger partial charge in [-0.15, -0.1) is 0 Å². The van der Waals surface area contributed by atoms with Crippen LogP contribution in [0, 0.1) is 6.92 Å². The van der Waals surface area contributed by atoms with Gasteiger partial charge in [0, 0.05) is 37.6 Å². The number of carbonyl (C=O) groups excluding carboxylic acids is 1. The fourth-order valence-electron chi connectivity index (χ4n) is 3.64. The van der Waals surface area contributed by atoms with Crippen molar-refractivity contribution in [3.05, 3.63) is 51.8 Å². The Morgan fingerprint density at radius 1 is 1.38 bits per heavy atom. The van der Waals surface area contributed by atoms with Gasteiger partial charge >= 0.3 is 0 Å². The molecule has 1 unspecified atom stereocenters. The zero-order valence-corrected chi connectivity index (χ0v) is 15.0. The predicted molar refractivity (Wildman–Crippen MR) is 96.1 cm³/mol. The number of piperidine rings is 1. The molecule has 1 atom stereocenters. The van der Waals surface area contributed by atoms with Crippen molar-refractivity contribution >= 4 is 11.6 Å². The Kier molecular flexibility index (Phi) is 4.10. The quantitative estimate of drug-likeness (QED) is 0.778. The van der Waals surface area contributed by atoms with Gasteiger partial charge in [-0.2, -0.15) is 5.10 Å². The summed E-state index contributed by atoms with van der Waals surface area (Å²) in [7, 11) is 0. The highest BCUT2D eigenvalue weighted by molar-refractivity contribution is 5.95. The lowest BCUT2D eigenvalue weighted by molar-refractivity contribution is 0.0605. The van der Waals surface area contributed by atoms with Gasteiger partial charge < -0.3 is 4.90 Å². The molecule has 136 valence electrons. The number of aryl methyl sites for hydroxylation is 2. The molecule has 0 spiro atoms. The standard InChI is InChI=1S/C18H22N6O2/c1-3-22-11-13(12(2)21-22)18(26)23-9-5-4-6-15(23)14-10-17(25)24-16(20-14)7-8-19-24/h7-8,10-11,15,19H,3-6,9H2,1-2H3. The van der Waals surface area contributed by atoms with E-state index in [1.165, 1.54) is 10.6 Å². The Labute approximate surface area is 150 Å². The number of nitrogens with one attached hydrogen (secondary N) is 1. The molecule has 1 saturated heterocycles. The molecule has 0 bridgehead atoms. The topological polar surface area (TPSA) is 88.3 Å². The number of hydrogen-bond acceptors (Lipinski definition) is 4. The molecule has 1 aliphatic heterocycles. The van der Waals surface area contributed by atoms with E-state index < -0.39 is 0 Å². The van der Waals surface area contributed by atoms with Crippen molar-refractivity contribution in [2.45, 2.75) is 45.7 Å². The highest BCUT2D eigenvalue weighted by Crippen LogP contribution is 2.31. The van der Waals surface area contributed by atoms with Crippen molar-refractivity contribution < 1.29 is 4.79 Å². The van der Waals surface area contributed by atoms with E-state index in [2.05, 4.69) is 15.2 Å². The minimum atomic E-state index is -0.187. The molecule has 1 N–H and O–H groups in total. The number of rotatable bonds is 3. The van der Waals surface area contributed by atoms with Crippen LogP contribution < -0.4 is 5.56 Å². The lowest BCUT2D eigenvalue weighted by Gasteiger charge is -2.35. The Balaban J connectivity index is 1.72. The van der Waals surface area contributed by atoms with Crippen molar-refractivity contribution in [3.8, 4) is 0 Å². The van der Waals surface area contributed by atoms with E-state index in [0.29, 0.717) is 23.4 Å². The SMILES string of the molecule is CCn1cc(C(=O)N2CCCCC2c2cc(=O)n3[nH]ccc3n2)c(C)n1. The van der Waals surface area contributed by atoms with E-state index in [9.17, 15) is 9.59 Å². The minimum absolute atomic E-state index is 0.0389. The van der Waals surface area contributed by atoms with Crippen LogP contribution in [0.1, 0.15) is 54.0 Å². The van der Waals surface area contributed by atoms with E-state index in [4.69, 9.17) is 0 Å². The normalized spacial score (nSPS) is 17.8. The van der Waals surface area contributed by atoms with Crippen LogP contribution in [0.3, 0.4) is 0 Å². The van der Waals surface area contributed by atoms with E-state index in [-0.39, 0.29) is 17.5 Å². The molecular weight excluding hydrogens is 332 g/mol. The minimum Gasteiger partial charge on any atom is -0.330 e. The summed E-state index contributed by atoms with van der Waals surface area (Å²) >= 11 is 0. The second-order valence-electron chi connectivity index (χ2n) is 6.67. The lowest BCUT2D eigenvalue weighted by Crippen LogP contribution is -2.39. The van der Waals surface area contributed by atoms with Gasteiger partial charge in [-0.1, -0.05) is 0 Å². The number of aromatic amines is 1. The second-order valence-corrected chi connectivity index (χ2v) is 6.67. The first-order chi connectivity index (χ1) is 12.6. The third-order valence-electron chi connectivity index (χ3n) is 5.01. The summed E-state index contributed by atoms with van der Waals surface area (Å²) in [5.74, 6) is -0.0389. The Bertz CT molecular complexity index is 1010. The van der Waals surface area contributed by atoms with Gasteiger partial charge in [0.15, 0.2) is 5.65 Å². The summed E-state index contributed by atoms with van der Waals surface area (Å²) in [5, 5.41) is 7.23. The van der Waals surface area contributed by atoms with Crippen LogP contribution in [0.25, 0.3) is 5.65 Å². The molecule has 1 aliphatic rings. The third kappa shape index (κ3) is 2.71. The molecule has 3 aromatic heterocycles. The Hall–Kier alpha value is -2.90. The molecule has 3 aromatic rings. The monoisotopic (exact) mass is 354 g/mol. The molecule has 1 amide bonds. The first kappa shape index (κ1) is 16.6. The molecule has 1 fully saturated rings. The van der Waals surface area contributed by atoms with Gasteiger partial charge in [-0.25, -0.2) is 9.50 Å². The maximum atomic E-state index is 13.2. The summed E-state index contributed by atoms with van der Waals surface area (Å²) in [6, 6.07) is 3.10. The smallest absolute Gasteiger partial charge is 0.272 e. The Morgan fingerprint density at radius 3 is 3.00 bits per heavy atom. The molecule has 4 heterocycles. The van der Waals surface area contributed by atoms with Crippen molar-refractivity contribution in [2.75, 3.05) is 6.54 Å². The summed E-state index contributed by atoms with van der Waals surface area (Å²) in [5.41, 5.74) is 2.42. The molecule has 26 heavy (non-hydrogen) atoms. The molecule has 0 aliphatic carbocycles. The zero-order chi connectivity index (χ0) is 18.3. The maximum absolute atomic E-state index is 13.2. The maximum Gasteiger partial charge on any atom is 0.272 e. The summed E-state index contributed by atoms with van der Waals surface area (Å²) in [6.45, 7) is 5.23. The van der Waals surface area contributed by atoms with Gasteiger partial charge in [0.05, 0.1) is 23.0 Å². The Morgan fingerprint density at radius 2 is 2.23 bits per heavy atom. The van der Waals surface area contributed by atoms with Crippen LogP contribution in [0.2, 0.25) is 0 Å². The molecule has 8 heteroatoms. The fourth-order valence-corrected chi connectivity index (χ4v) is 3.64. The van der Waals surface area contributed by atoms with Crippen molar-refractivity contribution in [1.82, 2.24) is 29.3 Å². The first-order valence-electron chi connectivity index (χ1n) is 9.00. The molecule has 0 saturated carbocycles. The molecule has 8 nitrogen and oxygen atoms in total. The van der Waals surface area contributed by atoms with Crippen LogP contribution in [0.4, 0.5) is 0 Å². The summed E-state index contributed by atoms with van der Waals surface area (Å²) in [6.07, 6.45) is 6.25. The second kappa shape index (κ2) is 6.44. The average molecular weight is 354 g/mol. The van der Waals surface area contributed by atoms with Gasteiger partial charge in [0.1, 0.15) is 0 Å². The van der Waals surface area contributed by atoms with Crippen molar-refractivity contribution in [2.24, 2.45) is 0 Å². The first-order valence-corrected chi connectivity index (χ1v) is 9.00. The number of likely N-dealkylation sites (tertiary alicyclic amines) is 1.